The van der Waals surface area contributed by atoms with Gasteiger partial charge in [-0.05, 0) is 37.6 Å². The molecule has 1 heterocycles. The molecule has 0 aliphatic heterocycles. The smallest absolute Gasteiger partial charge is 0.317 e. The predicted octanol–water partition coefficient (Wildman–Crippen LogP) is 0.636. The lowest BCUT2D eigenvalue weighted by atomic mass is 9.85. The van der Waals surface area contributed by atoms with E-state index in [1.165, 1.54) is 0 Å². The molecule has 8 heteroatoms. The molecule has 1 aromatic carbocycles. The fraction of sp³-hybridized carbons (Fsp3) is 0.500. The summed E-state index contributed by atoms with van der Waals surface area (Å²) in [6.45, 7) is 2.69. The third kappa shape index (κ3) is 3.23. The number of amides is 1. The van der Waals surface area contributed by atoms with Gasteiger partial charge in [-0.2, -0.15) is 0 Å². The van der Waals surface area contributed by atoms with Crippen molar-refractivity contribution in [1.29, 1.82) is 0 Å². The highest BCUT2D eigenvalue weighted by molar-refractivity contribution is 5.97. The number of hydrogen-bond donors (Lipinski definition) is 2. The molecule has 0 bridgehead atoms. The second-order valence-corrected chi connectivity index (χ2v) is 6.17. The molecule has 0 atom stereocenters. The molecular formula is C16H21N5O3. The summed E-state index contributed by atoms with van der Waals surface area (Å²) in [5.74, 6) is -0.950. The first-order valence-corrected chi connectivity index (χ1v) is 8.04. The molecule has 0 radical (unpaired) electrons. The van der Waals surface area contributed by atoms with Crippen molar-refractivity contribution in [3.63, 3.8) is 0 Å². The van der Waals surface area contributed by atoms with Crippen molar-refractivity contribution in [3.8, 4) is 0 Å². The van der Waals surface area contributed by atoms with Crippen molar-refractivity contribution in [3.05, 3.63) is 23.8 Å². The first-order valence-electron chi connectivity index (χ1n) is 8.04. The van der Waals surface area contributed by atoms with Gasteiger partial charge < -0.3 is 10.4 Å². The monoisotopic (exact) mass is 331 g/mol. The van der Waals surface area contributed by atoms with Gasteiger partial charge in [-0.25, -0.2) is 4.68 Å². The van der Waals surface area contributed by atoms with Gasteiger partial charge in [0.05, 0.1) is 12.1 Å². The fourth-order valence-corrected chi connectivity index (χ4v) is 3.13. The number of carbonyl (C=O) groups excluding carboxylic acids is 1. The Labute approximate surface area is 139 Å². The Morgan fingerprint density at radius 2 is 2.17 bits per heavy atom. The zero-order chi connectivity index (χ0) is 17.3. The van der Waals surface area contributed by atoms with Gasteiger partial charge in [-0.15, -0.1) is 5.10 Å². The van der Waals surface area contributed by atoms with Crippen molar-refractivity contribution >= 4 is 22.9 Å². The molecule has 128 valence electrons. The first-order chi connectivity index (χ1) is 11.5. The van der Waals surface area contributed by atoms with Crippen molar-refractivity contribution in [1.82, 2.24) is 25.2 Å². The number of aromatic nitrogens is 3. The van der Waals surface area contributed by atoms with Crippen LogP contribution in [0.4, 0.5) is 0 Å². The van der Waals surface area contributed by atoms with Gasteiger partial charge in [0.15, 0.2) is 0 Å². The molecule has 2 aromatic rings. The van der Waals surface area contributed by atoms with E-state index in [2.05, 4.69) is 15.6 Å². The molecular weight excluding hydrogens is 310 g/mol. The Balaban J connectivity index is 1.57. The van der Waals surface area contributed by atoms with Crippen LogP contribution in [0.15, 0.2) is 18.2 Å². The number of likely N-dealkylation sites (N-methyl/N-ethyl adjacent to an activating group) is 1. The van der Waals surface area contributed by atoms with E-state index in [1.54, 1.807) is 23.9 Å². The summed E-state index contributed by atoms with van der Waals surface area (Å²) in [6.07, 6.45) is 1.56. The molecule has 0 spiro atoms. The van der Waals surface area contributed by atoms with Crippen molar-refractivity contribution < 1.29 is 14.7 Å². The number of aliphatic carboxylic acids is 1. The Kier molecular flexibility index (Phi) is 4.48. The Hall–Kier alpha value is -2.48. The van der Waals surface area contributed by atoms with E-state index in [-0.39, 0.29) is 24.5 Å². The van der Waals surface area contributed by atoms with Gasteiger partial charge in [-0.3, -0.25) is 14.5 Å². The lowest BCUT2D eigenvalue weighted by Crippen LogP contribution is -2.54. The molecule has 1 aliphatic rings. The fourth-order valence-electron chi connectivity index (χ4n) is 3.13. The number of aryl methyl sites for hydroxylation is 1. The van der Waals surface area contributed by atoms with Crippen LogP contribution in [0.25, 0.3) is 11.0 Å². The zero-order valence-electron chi connectivity index (χ0n) is 13.8. The van der Waals surface area contributed by atoms with Crippen molar-refractivity contribution in [2.24, 2.45) is 7.05 Å². The lowest BCUT2D eigenvalue weighted by molar-refractivity contribution is -0.139. The van der Waals surface area contributed by atoms with Crippen LogP contribution in [0.1, 0.15) is 30.1 Å². The summed E-state index contributed by atoms with van der Waals surface area (Å²) in [7, 11) is 1.81. The van der Waals surface area contributed by atoms with Gasteiger partial charge in [0.25, 0.3) is 5.91 Å². The predicted molar refractivity (Wildman–Crippen MR) is 87.7 cm³/mol. The minimum atomic E-state index is -0.818. The number of nitrogens with one attached hydrogen (secondary N) is 1. The summed E-state index contributed by atoms with van der Waals surface area (Å²) < 4.78 is 1.66. The zero-order valence-corrected chi connectivity index (χ0v) is 13.8. The summed E-state index contributed by atoms with van der Waals surface area (Å²) in [4.78, 5) is 25.1. The molecule has 1 aliphatic carbocycles. The number of benzene rings is 1. The molecule has 0 saturated heterocycles. The van der Waals surface area contributed by atoms with E-state index in [0.29, 0.717) is 17.6 Å². The Morgan fingerprint density at radius 1 is 1.42 bits per heavy atom. The molecule has 24 heavy (non-hydrogen) atoms. The summed E-state index contributed by atoms with van der Waals surface area (Å²) in [5, 5.41) is 19.9. The topological polar surface area (TPSA) is 100 Å². The minimum absolute atomic E-state index is 0.0468. The van der Waals surface area contributed by atoms with Gasteiger partial charge in [0.2, 0.25) is 0 Å². The first kappa shape index (κ1) is 16.4. The largest absolute Gasteiger partial charge is 0.480 e. The van der Waals surface area contributed by atoms with Crippen LogP contribution in [0.5, 0.6) is 0 Å². The average Bonchev–Trinajstić information content (AvgIpc) is 2.89. The number of carboxylic acid groups (broad SMARTS) is 1. The van der Waals surface area contributed by atoms with Crippen LogP contribution in [0.3, 0.4) is 0 Å². The Bertz CT molecular complexity index is 766. The summed E-state index contributed by atoms with van der Waals surface area (Å²) in [5.41, 5.74) is 2.13. The molecule has 1 amide bonds. The average molecular weight is 331 g/mol. The highest BCUT2D eigenvalue weighted by Crippen LogP contribution is 2.26. The lowest BCUT2D eigenvalue weighted by Gasteiger charge is -2.42. The second kappa shape index (κ2) is 6.56. The minimum Gasteiger partial charge on any atom is -0.480 e. The van der Waals surface area contributed by atoms with E-state index < -0.39 is 5.97 Å². The SMILES string of the molecule is CCN(CC(=O)O)C1CC(NC(=O)c2ccc3c(c2)nnn3C)C1. The second-order valence-electron chi connectivity index (χ2n) is 6.17. The van der Waals surface area contributed by atoms with E-state index >= 15 is 0 Å². The maximum absolute atomic E-state index is 12.3. The van der Waals surface area contributed by atoms with Gasteiger partial charge in [0.1, 0.15) is 5.52 Å². The number of hydrogen-bond acceptors (Lipinski definition) is 5. The number of carbonyl (C=O) groups is 2. The number of carboxylic acids is 1. The van der Waals surface area contributed by atoms with Gasteiger partial charge >= 0.3 is 5.97 Å². The van der Waals surface area contributed by atoms with Crippen LogP contribution in [0, 0.1) is 0 Å². The molecule has 0 unspecified atom stereocenters. The van der Waals surface area contributed by atoms with Crippen molar-refractivity contribution in [2.75, 3.05) is 13.1 Å². The van der Waals surface area contributed by atoms with E-state index in [0.717, 1.165) is 18.4 Å². The number of fused-ring (bicyclic) bond motifs is 1. The summed E-state index contributed by atoms with van der Waals surface area (Å²) in [6, 6.07) is 5.64. The van der Waals surface area contributed by atoms with Gasteiger partial charge in [0, 0.05) is 24.7 Å². The normalized spacial score (nSPS) is 20.1. The maximum Gasteiger partial charge on any atom is 0.317 e. The summed E-state index contributed by atoms with van der Waals surface area (Å²) >= 11 is 0. The standard InChI is InChI=1S/C16H21N5O3/c1-3-21(9-15(22)23)12-7-11(8-12)17-16(24)10-4-5-14-13(6-10)18-19-20(14)2/h4-6,11-12H,3,7-9H2,1-2H3,(H,17,24)(H,22,23). The van der Waals surface area contributed by atoms with Crippen LogP contribution in [-0.2, 0) is 11.8 Å². The van der Waals surface area contributed by atoms with Crippen molar-refractivity contribution in [2.45, 2.75) is 31.8 Å². The maximum atomic E-state index is 12.3. The van der Waals surface area contributed by atoms with Gasteiger partial charge in [-0.1, -0.05) is 12.1 Å². The van der Waals surface area contributed by atoms with Crippen LogP contribution < -0.4 is 5.32 Å². The number of nitrogens with zero attached hydrogens (tertiary/aromatic N) is 4. The quantitative estimate of drug-likeness (QED) is 0.805. The van der Waals surface area contributed by atoms with E-state index in [1.807, 2.05) is 17.9 Å². The molecule has 3 rings (SSSR count). The van der Waals surface area contributed by atoms with E-state index in [9.17, 15) is 9.59 Å². The third-order valence-corrected chi connectivity index (χ3v) is 4.58. The highest BCUT2D eigenvalue weighted by atomic mass is 16.4. The van der Waals surface area contributed by atoms with Crippen LogP contribution in [0.2, 0.25) is 0 Å². The third-order valence-electron chi connectivity index (χ3n) is 4.58. The molecule has 2 N–H and O–H groups in total. The highest BCUT2D eigenvalue weighted by Gasteiger charge is 2.34. The van der Waals surface area contributed by atoms with Crippen LogP contribution >= 0.6 is 0 Å². The van der Waals surface area contributed by atoms with E-state index in [4.69, 9.17) is 5.11 Å². The molecule has 1 aromatic heterocycles. The van der Waals surface area contributed by atoms with Crippen LogP contribution in [-0.4, -0.2) is 62.0 Å². The molecule has 1 saturated carbocycles. The number of rotatable bonds is 6. The Morgan fingerprint density at radius 3 is 2.83 bits per heavy atom. The molecule has 8 nitrogen and oxygen atoms in total. The molecule has 1 fully saturated rings.